The molecule has 20 heavy (non-hydrogen) atoms. The van der Waals surface area contributed by atoms with Crippen LogP contribution < -0.4 is 0 Å². The molecule has 1 aliphatic rings. The maximum Gasteiger partial charge on any atom is 0.129 e. The average molecular weight is 415 g/mol. The van der Waals surface area contributed by atoms with E-state index in [4.69, 9.17) is 11.6 Å². The van der Waals surface area contributed by atoms with Crippen molar-refractivity contribution in [1.29, 1.82) is 0 Å². The van der Waals surface area contributed by atoms with Crippen LogP contribution in [0.5, 0.6) is 0 Å². The average Bonchev–Trinajstić information content (AvgIpc) is 2.43. The van der Waals surface area contributed by atoms with E-state index in [2.05, 4.69) is 22.0 Å². The minimum absolute atomic E-state index is 0.0497. The number of rotatable bonds is 11. The lowest BCUT2D eigenvalue weighted by Gasteiger charge is -2.28. The molecular weight excluding hydrogens is 383 g/mol. The number of unbranched alkanes of at least 4 members (excludes halogenated alkanes) is 9. The molecule has 1 rings (SSSR count). The van der Waals surface area contributed by atoms with E-state index in [0.29, 0.717) is 0 Å². The van der Waals surface area contributed by atoms with Gasteiger partial charge in [-0.2, -0.15) is 0 Å². The van der Waals surface area contributed by atoms with Gasteiger partial charge in [0.25, 0.3) is 0 Å². The van der Waals surface area contributed by atoms with Gasteiger partial charge in [0.05, 0.1) is 0 Å². The fraction of sp³-hybridized carbons (Fsp3) is 0.938. The van der Waals surface area contributed by atoms with Crippen LogP contribution in [0.2, 0.25) is 0 Å². The SMILES string of the molecule is CCCCCCCCCCCCN1CCN(C)I=C1Cl. The van der Waals surface area contributed by atoms with Crippen molar-refractivity contribution >= 4 is 35.7 Å². The highest BCUT2D eigenvalue weighted by atomic mass is 127. The fourth-order valence-corrected chi connectivity index (χ4v) is 5.37. The summed E-state index contributed by atoms with van der Waals surface area (Å²) in [5.74, 6) is 0. The van der Waals surface area contributed by atoms with Crippen molar-refractivity contribution in [2.45, 2.75) is 71.1 Å². The molecule has 0 fully saturated rings. The molecule has 0 spiro atoms. The predicted molar refractivity (Wildman–Crippen MR) is 101 cm³/mol. The molecular formula is C16H32ClIN2. The molecule has 1 aliphatic heterocycles. The molecule has 0 bridgehead atoms. The van der Waals surface area contributed by atoms with Crippen molar-refractivity contribution in [3.8, 4) is 0 Å². The van der Waals surface area contributed by atoms with E-state index >= 15 is 0 Å². The van der Waals surface area contributed by atoms with Crippen molar-refractivity contribution in [3.63, 3.8) is 0 Å². The lowest BCUT2D eigenvalue weighted by atomic mass is 10.1. The number of hydrogen-bond acceptors (Lipinski definition) is 2. The Kier molecular flexibility index (Phi) is 11.7. The quantitative estimate of drug-likeness (QED) is 0.194. The van der Waals surface area contributed by atoms with E-state index in [1.165, 1.54) is 77.3 Å². The van der Waals surface area contributed by atoms with Gasteiger partial charge in [-0.25, -0.2) is 0 Å². The third-order valence-corrected chi connectivity index (χ3v) is 6.97. The molecule has 120 valence electrons. The van der Waals surface area contributed by atoms with E-state index in [1.807, 2.05) is 0 Å². The first kappa shape index (κ1) is 18.9. The highest BCUT2D eigenvalue weighted by Crippen LogP contribution is 2.19. The second-order valence-electron chi connectivity index (χ2n) is 5.82. The summed E-state index contributed by atoms with van der Waals surface area (Å²) in [4.78, 5) is 2.42. The molecule has 0 aromatic heterocycles. The number of hydrogen-bond donors (Lipinski definition) is 0. The summed E-state index contributed by atoms with van der Waals surface area (Å²) >= 11 is 6.30. The molecule has 4 heteroatoms. The van der Waals surface area contributed by atoms with Crippen molar-refractivity contribution in [2.24, 2.45) is 0 Å². The molecule has 0 N–H and O–H groups in total. The Labute approximate surface area is 141 Å². The van der Waals surface area contributed by atoms with Crippen LogP contribution >= 0.6 is 32.6 Å². The van der Waals surface area contributed by atoms with Gasteiger partial charge in [-0.1, -0.05) is 76.3 Å². The van der Waals surface area contributed by atoms with Crippen LogP contribution in [0.15, 0.2) is 0 Å². The van der Waals surface area contributed by atoms with Crippen LogP contribution in [0.1, 0.15) is 71.1 Å². The highest BCUT2D eigenvalue weighted by Gasteiger charge is 2.15. The Morgan fingerprint density at radius 1 is 0.900 bits per heavy atom. The first-order valence-electron chi connectivity index (χ1n) is 8.37. The second-order valence-corrected chi connectivity index (χ2v) is 9.97. The van der Waals surface area contributed by atoms with Crippen LogP contribution in [0.4, 0.5) is 0 Å². The molecule has 0 aliphatic carbocycles. The Morgan fingerprint density at radius 2 is 1.45 bits per heavy atom. The number of likely N-dealkylation sites (N-methyl/N-ethyl adjacent to an activating group) is 1. The van der Waals surface area contributed by atoms with Gasteiger partial charge in [-0.05, 0) is 13.5 Å². The Balaban J connectivity index is 1.89. The van der Waals surface area contributed by atoms with Crippen molar-refractivity contribution in [2.75, 3.05) is 26.7 Å². The van der Waals surface area contributed by atoms with E-state index in [9.17, 15) is 0 Å². The molecule has 0 aromatic rings. The summed E-state index contributed by atoms with van der Waals surface area (Å²) in [6, 6.07) is 0. The van der Waals surface area contributed by atoms with Crippen LogP contribution in [-0.4, -0.2) is 37.8 Å². The van der Waals surface area contributed by atoms with Gasteiger partial charge in [0, 0.05) is 40.6 Å². The zero-order chi connectivity index (χ0) is 14.6. The van der Waals surface area contributed by atoms with Crippen LogP contribution in [0, 0.1) is 0 Å². The van der Waals surface area contributed by atoms with Gasteiger partial charge in [0.1, 0.15) is 3.09 Å². The smallest absolute Gasteiger partial charge is 0.129 e. The molecule has 0 saturated heterocycles. The highest BCUT2D eigenvalue weighted by molar-refractivity contribution is 14.2. The van der Waals surface area contributed by atoms with Gasteiger partial charge in [0.2, 0.25) is 0 Å². The summed E-state index contributed by atoms with van der Waals surface area (Å²) in [5, 5.41) is 0. The minimum atomic E-state index is -0.0497. The Bertz CT molecular complexity index is 271. The molecule has 1 heterocycles. The molecule has 2 nitrogen and oxygen atoms in total. The van der Waals surface area contributed by atoms with Gasteiger partial charge in [-0.3, -0.25) is 8.01 Å². The standard InChI is InChI=1S/C16H32ClIN2/c1-3-4-5-6-7-8-9-10-11-12-13-20-15-14-19(2)18-16(20)17/h3-15H2,1-2H3. The summed E-state index contributed by atoms with van der Waals surface area (Å²) in [6.07, 6.45) is 14.1. The molecule has 0 amide bonds. The normalized spacial score (nSPS) is 17.9. The van der Waals surface area contributed by atoms with Crippen LogP contribution in [0.3, 0.4) is 0 Å². The summed E-state index contributed by atoms with van der Waals surface area (Å²) < 4.78 is 3.55. The summed E-state index contributed by atoms with van der Waals surface area (Å²) in [5.41, 5.74) is 0. The summed E-state index contributed by atoms with van der Waals surface area (Å²) in [7, 11) is 2.19. The minimum Gasteiger partial charge on any atom is -0.258 e. The van der Waals surface area contributed by atoms with Crippen molar-refractivity contribution in [3.05, 3.63) is 0 Å². The molecule has 0 saturated carbocycles. The molecule has 0 atom stereocenters. The lowest BCUT2D eigenvalue weighted by molar-refractivity contribution is 0.383. The van der Waals surface area contributed by atoms with E-state index in [1.54, 1.807) is 0 Å². The first-order valence-corrected chi connectivity index (χ1v) is 10.8. The van der Waals surface area contributed by atoms with Crippen molar-refractivity contribution < 1.29 is 0 Å². The maximum absolute atomic E-state index is 6.35. The van der Waals surface area contributed by atoms with Crippen LogP contribution in [-0.2, 0) is 0 Å². The molecule has 0 unspecified atom stereocenters. The fourth-order valence-electron chi connectivity index (χ4n) is 2.54. The van der Waals surface area contributed by atoms with Gasteiger partial charge < -0.3 is 0 Å². The third-order valence-electron chi connectivity index (χ3n) is 3.91. The lowest BCUT2D eigenvalue weighted by Crippen LogP contribution is -2.37. The van der Waals surface area contributed by atoms with Gasteiger partial charge >= 0.3 is 0 Å². The monoisotopic (exact) mass is 414 g/mol. The largest absolute Gasteiger partial charge is 0.258 e. The van der Waals surface area contributed by atoms with Gasteiger partial charge in [0.15, 0.2) is 0 Å². The van der Waals surface area contributed by atoms with Gasteiger partial charge in [-0.15, -0.1) is 0 Å². The Morgan fingerprint density at radius 3 is 2.00 bits per heavy atom. The Hall–Kier alpha value is 0.810. The van der Waals surface area contributed by atoms with E-state index in [-0.39, 0.29) is 21.0 Å². The predicted octanol–water partition coefficient (Wildman–Crippen LogP) is 5.37. The molecule has 0 radical (unpaired) electrons. The van der Waals surface area contributed by atoms with E-state index < -0.39 is 0 Å². The second kappa shape index (κ2) is 12.4. The topological polar surface area (TPSA) is 6.48 Å². The van der Waals surface area contributed by atoms with Crippen molar-refractivity contribution in [1.82, 2.24) is 8.01 Å². The summed E-state index contributed by atoms with van der Waals surface area (Å²) in [6.45, 7) is 5.79. The third kappa shape index (κ3) is 8.96. The van der Waals surface area contributed by atoms with E-state index in [0.717, 1.165) is 9.64 Å². The number of halogens is 2. The zero-order valence-electron chi connectivity index (χ0n) is 13.3. The zero-order valence-corrected chi connectivity index (χ0v) is 16.3. The number of nitrogens with zero attached hydrogens (tertiary/aromatic N) is 2. The van der Waals surface area contributed by atoms with Crippen LogP contribution in [0.25, 0.3) is 0 Å². The first-order chi connectivity index (χ1) is 9.74. The maximum atomic E-state index is 6.35. The molecule has 0 aromatic carbocycles.